The largest absolute Gasteiger partial charge is 0.353 e. The lowest BCUT2D eigenvalue weighted by molar-refractivity contribution is 0.639. The molecule has 0 saturated carbocycles. The maximum Gasteiger partial charge on any atom is 0.151 e. The van der Waals surface area contributed by atoms with Crippen molar-refractivity contribution in [3.63, 3.8) is 0 Å². The van der Waals surface area contributed by atoms with Gasteiger partial charge in [-0.05, 0) is 36.6 Å². The van der Waals surface area contributed by atoms with E-state index in [4.69, 9.17) is 0 Å². The van der Waals surface area contributed by atoms with Crippen molar-refractivity contribution >= 4 is 33.1 Å². The molecule has 6 heteroatoms. The lowest BCUT2D eigenvalue weighted by Gasteiger charge is -2.36. The molecule has 1 aliphatic rings. The minimum atomic E-state index is 0.944. The van der Waals surface area contributed by atoms with E-state index in [0.717, 1.165) is 43.5 Å². The zero-order valence-corrected chi connectivity index (χ0v) is 13.3. The quantitative estimate of drug-likeness (QED) is 0.728. The molecule has 22 heavy (non-hydrogen) atoms. The fourth-order valence-corrected chi connectivity index (χ4v) is 3.62. The third-order valence-corrected chi connectivity index (χ3v) is 4.93. The minimum absolute atomic E-state index is 0.944. The molecule has 0 bridgehead atoms. The maximum atomic E-state index is 4.60. The summed E-state index contributed by atoms with van der Waals surface area (Å²) in [6.45, 7) is 5.76. The second-order valence-corrected chi connectivity index (χ2v) is 6.42. The summed E-state index contributed by atoms with van der Waals surface area (Å²) in [7, 11) is 0. The van der Waals surface area contributed by atoms with E-state index in [2.05, 4.69) is 48.6 Å². The van der Waals surface area contributed by atoms with Crippen LogP contribution in [0.2, 0.25) is 0 Å². The number of aryl methyl sites for hydroxylation is 1. The lowest BCUT2D eigenvalue weighted by Crippen LogP contribution is -2.47. The molecule has 4 rings (SSSR count). The molecule has 1 aliphatic heterocycles. The predicted octanol–water partition coefficient (Wildman–Crippen LogP) is 2.72. The Kier molecular flexibility index (Phi) is 3.38. The molecule has 1 saturated heterocycles. The zero-order chi connectivity index (χ0) is 14.9. The van der Waals surface area contributed by atoms with Crippen molar-refractivity contribution in [1.29, 1.82) is 0 Å². The van der Waals surface area contributed by atoms with Crippen LogP contribution in [0.3, 0.4) is 0 Å². The number of thiophene rings is 1. The van der Waals surface area contributed by atoms with Gasteiger partial charge in [0.2, 0.25) is 0 Å². The first-order valence-electron chi connectivity index (χ1n) is 7.44. The molecule has 0 spiro atoms. The van der Waals surface area contributed by atoms with Crippen molar-refractivity contribution in [2.75, 3.05) is 36.0 Å². The molecule has 0 amide bonds. The van der Waals surface area contributed by atoms with E-state index in [-0.39, 0.29) is 0 Å². The van der Waals surface area contributed by atoms with Crippen molar-refractivity contribution in [3.05, 3.63) is 41.5 Å². The lowest BCUT2D eigenvalue weighted by atomic mass is 10.2. The number of piperazine rings is 1. The van der Waals surface area contributed by atoms with Gasteiger partial charge in [-0.15, -0.1) is 16.4 Å². The Morgan fingerprint density at radius 2 is 1.77 bits per heavy atom. The first-order valence-corrected chi connectivity index (χ1v) is 8.32. The van der Waals surface area contributed by atoms with Gasteiger partial charge in [-0.1, -0.05) is 0 Å². The molecular weight excluding hydrogens is 294 g/mol. The van der Waals surface area contributed by atoms with Crippen molar-refractivity contribution in [2.24, 2.45) is 0 Å². The molecule has 1 fully saturated rings. The van der Waals surface area contributed by atoms with E-state index in [1.165, 1.54) is 10.1 Å². The first kappa shape index (κ1) is 13.5. The van der Waals surface area contributed by atoms with E-state index in [1.54, 1.807) is 11.3 Å². The fourth-order valence-electron chi connectivity index (χ4n) is 2.84. The molecule has 0 N–H and O–H groups in total. The average Bonchev–Trinajstić information content (AvgIpc) is 3.04. The van der Waals surface area contributed by atoms with Gasteiger partial charge in [-0.3, -0.25) is 0 Å². The van der Waals surface area contributed by atoms with Crippen LogP contribution in [0.4, 0.5) is 11.6 Å². The van der Waals surface area contributed by atoms with Crippen LogP contribution >= 0.6 is 11.3 Å². The molecule has 0 atom stereocenters. The highest BCUT2D eigenvalue weighted by Crippen LogP contribution is 2.29. The van der Waals surface area contributed by atoms with Gasteiger partial charge < -0.3 is 9.80 Å². The SMILES string of the molecule is Cc1ccc(N2CCN(c3nccc4sccc34)CC2)nn1. The Hall–Kier alpha value is -2.21. The van der Waals surface area contributed by atoms with Crippen molar-refractivity contribution in [1.82, 2.24) is 15.2 Å². The summed E-state index contributed by atoms with van der Waals surface area (Å²) in [6.07, 6.45) is 1.91. The second-order valence-electron chi connectivity index (χ2n) is 5.47. The summed E-state index contributed by atoms with van der Waals surface area (Å²) in [4.78, 5) is 9.25. The van der Waals surface area contributed by atoms with Crippen LogP contribution in [0.1, 0.15) is 5.69 Å². The van der Waals surface area contributed by atoms with E-state index in [0.29, 0.717) is 0 Å². The summed E-state index contributed by atoms with van der Waals surface area (Å²) in [5.74, 6) is 2.07. The Morgan fingerprint density at radius 1 is 0.955 bits per heavy atom. The number of hydrogen-bond acceptors (Lipinski definition) is 6. The van der Waals surface area contributed by atoms with Gasteiger partial charge in [-0.25, -0.2) is 4.98 Å². The Balaban J connectivity index is 1.52. The molecule has 112 valence electrons. The zero-order valence-electron chi connectivity index (χ0n) is 12.4. The molecule has 0 aromatic carbocycles. The van der Waals surface area contributed by atoms with Crippen LogP contribution in [0.15, 0.2) is 35.8 Å². The molecule has 0 radical (unpaired) electrons. The van der Waals surface area contributed by atoms with Crippen LogP contribution in [0.5, 0.6) is 0 Å². The Labute approximate surface area is 133 Å². The monoisotopic (exact) mass is 311 g/mol. The summed E-state index contributed by atoms with van der Waals surface area (Å²) in [5.41, 5.74) is 0.954. The van der Waals surface area contributed by atoms with Crippen LogP contribution in [-0.2, 0) is 0 Å². The van der Waals surface area contributed by atoms with Gasteiger partial charge in [0.05, 0.1) is 5.69 Å². The standard InChI is InChI=1S/C16H17N5S/c1-12-2-3-15(19-18-12)20-7-9-21(10-8-20)16-13-5-11-22-14(13)4-6-17-16/h2-6,11H,7-10H2,1H3. The number of anilines is 2. The van der Waals surface area contributed by atoms with Crippen molar-refractivity contribution < 1.29 is 0 Å². The summed E-state index contributed by atoms with van der Waals surface area (Å²) >= 11 is 1.77. The van der Waals surface area contributed by atoms with Gasteiger partial charge >= 0.3 is 0 Å². The van der Waals surface area contributed by atoms with Crippen LogP contribution in [0.25, 0.3) is 10.1 Å². The van der Waals surface area contributed by atoms with Crippen LogP contribution in [0, 0.1) is 6.92 Å². The van der Waals surface area contributed by atoms with Crippen LogP contribution < -0.4 is 9.80 Å². The highest BCUT2D eigenvalue weighted by atomic mass is 32.1. The number of hydrogen-bond donors (Lipinski definition) is 0. The average molecular weight is 311 g/mol. The number of rotatable bonds is 2. The van der Waals surface area contributed by atoms with Gasteiger partial charge in [0.15, 0.2) is 5.82 Å². The smallest absolute Gasteiger partial charge is 0.151 e. The highest BCUT2D eigenvalue weighted by molar-refractivity contribution is 7.17. The molecule has 0 aliphatic carbocycles. The van der Waals surface area contributed by atoms with Gasteiger partial charge in [0, 0.05) is 42.5 Å². The predicted molar refractivity (Wildman–Crippen MR) is 90.8 cm³/mol. The molecule has 3 aromatic heterocycles. The van der Waals surface area contributed by atoms with E-state index in [1.807, 2.05) is 19.2 Å². The van der Waals surface area contributed by atoms with Gasteiger partial charge in [0.25, 0.3) is 0 Å². The normalized spacial score (nSPS) is 15.5. The highest BCUT2D eigenvalue weighted by Gasteiger charge is 2.20. The van der Waals surface area contributed by atoms with E-state index < -0.39 is 0 Å². The number of pyridine rings is 1. The Morgan fingerprint density at radius 3 is 2.55 bits per heavy atom. The van der Waals surface area contributed by atoms with Gasteiger partial charge in [0.1, 0.15) is 5.82 Å². The third kappa shape index (κ3) is 2.39. The second kappa shape index (κ2) is 5.53. The van der Waals surface area contributed by atoms with E-state index in [9.17, 15) is 0 Å². The van der Waals surface area contributed by atoms with Gasteiger partial charge in [-0.2, -0.15) is 5.10 Å². The summed E-state index contributed by atoms with van der Waals surface area (Å²) in [6, 6.07) is 8.32. The van der Waals surface area contributed by atoms with Crippen molar-refractivity contribution in [3.8, 4) is 0 Å². The minimum Gasteiger partial charge on any atom is -0.353 e. The molecule has 5 nitrogen and oxygen atoms in total. The number of nitrogens with zero attached hydrogens (tertiary/aromatic N) is 5. The number of aromatic nitrogens is 3. The summed E-state index contributed by atoms with van der Waals surface area (Å²) in [5, 5.41) is 11.8. The summed E-state index contributed by atoms with van der Waals surface area (Å²) < 4.78 is 1.30. The third-order valence-electron chi connectivity index (χ3n) is 4.05. The maximum absolute atomic E-state index is 4.60. The fraction of sp³-hybridized carbons (Fsp3) is 0.312. The number of fused-ring (bicyclic) bond motifs is 1. The molecule has 0 unspecified atom stereocenters. The topological polar surface area (TPSA) is 45.2 Å². The van der Waals surface area contributed by atoms with Crippen molar-refractivity contribution in [2.45, 2.75) is 6.92 Å². The van der Waals surface area contributed by atoms with Crippen LogP contribution in [-0.4, -0.2) is 41.4 Å². The molecular formula is C16H17N5S. The molecule has 4 heterocycles. The van der Waals surface area contributed by atoms with E-state index >= 15 is 0 Å². The Bertz CT molecular complexity index is 775. The first-order chi connectivity index (χ1) is 10.8. The molecule has 3 aromatic rings.